The topological polar surface area (TPSA) is 23.5 Å². The highest BCUT2D eigenvalue weighted by atomic mass is 79.9. The first-order chi connectivity index (χ1) is 6.77. The molecule has 1 heterocycles. The lowest BCUT2D eigenvalue weighted by molar-refractivity contribution is 0.475. The highest BCUT2D eigenvalue weighted by Crippen LogP contribution is 2.30. The van der Waals surface area contributed by atoms with E-state index in [-0.39, 0.29) is 22.7 Å². The second-order valence-corrected chi connectivity index (χ2v) is 4.09. The second kappa shape index (κ2) is 5.61. The molecule has 0 atom stereocenters. The lowest BCUT2D eigenvalue weighted by Gasteiger charge is -2.29. The van der Waals surface area contributed by atoms with Gasteiger partial charge in [-0.05, 0) is 31.4 Å². The first-order valence-corrected chi connectivity index (χ1v) is 5.38. The predicted octanol–water partition coefficient (Wildman–Crippen LogP) is 3.61. The van der Waals surface area contributed by atoms with Gasteiger partial charge in [0.2, 0.25) is 0 Å². The summed E-state index contributed by atoms with van der Waals surface area (Å²) in [5, 5.41) is 9.88. The number of halogens is 2. The Labute approximate surface area is 106 Å². The predicted molar refractivity (Wildman–Crippen MR) is 69.5 cm³/mol. The van der Waals surface area contributed by atoms with E-state index < -0.39 is 0 Å². The number of piperidine rings is 1. The number of anilines is 1. The van der Waals surface area contributed by atoms with Crippen LogP contribution < -0.4 is 4.90 Å². The van der Waals surface area contributed by atoms with Gasteiger partial charge in [0.25, 0.3) is 0 Å². The van der Waals surface area contributed by atoms with Crippen molar-refractivity contribution in [3.63, 3.8) is 0 Å². The summed E-state index contributed by atoms with van der Waals surface area (Å²) in [7, 11) is 0. The molecule has 0 unspecified atom stereocenters. The van der Waals surface area contributed by atoms with Gasteiger partial charge in [0.15, 0.2) is 0 Å². The van der Waals surface area contributed by atoms with E-state index in [0.29, 0.717) is 5.02 Å². The van der Waals surface area contributed by atoms with Gasteiger partial charge in [-0.15, -0.1) is 17.0 Å². The fraction of sp³-hybridized carbons (Fsp3) is 0.455. The van der Waals surface area contributed by atoms with Gasteiger partial charge in [0.05, 0.1) is 10.7 Å². The van der Waals surface area contributed by atoms with Crippen molar-refractivity contribution < 1.29 is 5.11 Å². The Morgan fingerprint density at radius 3 is 2.40 bits per heavy atom. The number of hydrogen-bond acceptors (Lipinski definition) is 2. The van der Waals surface area contributed by atoms with Crippen molar-refractivity contribution in [3.05, 3.63) is 23.2 Å². The molecule has 15 heavy (non-hydrogen) atoms. The molecule has 1 aromatic rings. The number of rotatable bonds is 1. The van der Waals surface area contributed by atoms with Crippen molar-refractivity contribution >= 4 is 34.3 Å². The molecule has 4 heteroatoms. The van der Waals surface area contributed by atoms with Crippen LogP contribution in [-0.4, -0.2) is 18.2 Å². The molecule has 1 aliphatic rings. The third-order valence-corrected chi connectivity index (χ3v) is 2.93. The molecule has 1 N–H and O–H groups in total. The molecule has 2 nitrogen and oxygen atoms in total. The molecule has 2 rings (SSSR count). The lowest BCUT2D eigenvalue weighted by atomic mass is 10.1. The molecule has 0 spiro atoms. The normalized spacial score (nSPS) is 15.9. The van der Waals surface area contributed by atoms with Crippen LogP contribution in [0.3, 0.4) is 0 Å². The average molecular weight is 293 g/mol. The zero-order valence-electron chi connectivity index (χ0n) is 8.45. The van der Waals surface area contributed by atoms with Gasteiger partial charge in [-0.1, -0.05) is 11.6 Å². The third kappa shape index (κ3) is 3.02. The van der Waals surface area contributed by atoms with Gasteiger partial charge in [0.1, 0.15) is 5.75 Å². The summed E-state index contributed by atoms with van der Waals surface area (Å²) in [6, 6.07) is 5.18. The van der Waals surface area contributed by atoms with Crippen molar-refractivity contribution in [2.24, 2.45) is 0 Å². The van der Waals surface area contributed by atoms with E-state index in [2.05, 4.69) is 4.90 Å². The Morgan fingerprint density at radius 2 is 1.80 bits per heavy atom. The Bertz CT molecular complexity index is 326. The molecule has 0 bridgehead atoms. The Morgan fingerprint density at radius 1 is 1.13 bits per heavy atom. The minimum atomic E-state index is 0. The van der Waals surface area contributed by atoms with Crippen LogP contribution in [0.4, 0.5) is 5.69 Å². The van der Waals surface area contributed by atoms with E-state index >= 15 is 0 Å². The van der Waals surface area contributed by atoms with E-state index in [4.69, 9.17) is 11.6 Å². The maximum absolute atomic E-state index is 9.23. The number of phenols is 1. The van der Waals surface area contributed by atoms with E-state index in [1.165, 1.54) is 19.3 Å². The third-order valence-electron chi connectivity index (χ3n) is 2.63. The molecule has 0 radical (unpaired) electrons. The smallest absolute Gasteiger partial charge is 0.117 e. The molecule has 1 fully saturated rings. The molecule has 1 aromatic carbocycles. The monoisotopic (exact) mass is 291 g/mol. The number of phenolic OH excluding ortho intramolecular Hbond substituents is 1. The minimum absolute atomic E-state index is 0. The largest absolute Gasteiger partial charge is 0.508 e. The fourth-order valence-corrected chi connectivity index (χ4v) is 2.18. The second-order valence-electron chi connectivity index (χ2n) is 3.68. The fourth-order valence-electron chi connectivity index (χ4n) is 1.89. The molecule has 0 amide bonds. The van der Waals surface area contributed by atoms with Crippen molar-refractivity contribution in [2.75, 3.05) is 18.0 Å². The van der Waals surface area contributed by atoms with Crippen LogP contribution in [0.15, 0.2) is 18.2 Å². The highest BCUT2D eigenvalue weighted by Gasteiger charge is 2.13. The lowest BCUT2D eigenvalue weighted by Crippen LogP contribution is -2.29. The van der Waals surface area contributed by atoms with Crippen LogP contribution in [0.2, 0.25) is 5.02 Å². The summed E-state index contributed by atoms with van der Waals surface area (Å²) in [6.07, 6.45) is 3.78. The number of benzene rings is 1. The van der Waals surface area contributed by atoms with Crippen LogP contribution in [0.25, 0.3) is 0 Å². The molecule has 0 aromatic heterocycles. The zero-order valence-corrected chi connectivity index (χ0v) is 10.9. The quantitative estimate of drug-likeness (QED) is 0.854. The Hall–Kier alpha value is -0.410. The van der Waals surface area contributed by atoms with Gasteiger partial charge in [0, 0.05) is 19.2 Å². The van der Waals surface area contributed by atoms with Gasteiger partial charge < -0.3 is 10.0 Å². The SMILES string of the molecule is Br.Oc1ccc(N2CCCCC2)c(Cl)c1. The average Bonchev–Trinajstić information content (AvgIpc) is 2.19. The van der Waals surface area contributed by atoms with Gasteiger partial charge >= 0.3 is 0 Å². The van der Waals surface area contributed by atoms with Crippen LogP contribution in [0.1, 0.15) is 19.3 Å². The number of hydrogen-bond donors (Lipinski definition) is 1. The number of nitrogens with zero attached hydrogens (tertiary/aromatic N) is 1. The Kier molecular flexibility index (Phi) is 4.74. The summed E-state index contributed by atoms with van der Waals surface area (Å²) < 4.78 is 0. The van der Waals surface area contributed by atoms with Crippen molar-refractivity contribution in [1.29, 1.82) is 0 Å². The summed E-state index contributed by atoms with van der Waals surface area (Å²) >= 11 is 6.06. The van der Waals surface area contributed by atoms with Crippen LogP contribution in [-0.2, 0) is 0 Å². The van der Waals surface area contributed by atoms with Gasteiger partial charge in [-0.25, -0.2) is 0 Å². The number of aromatic hydroxyl groups is 1. The van der Waals surface area contributed by atoms with Crippen LogP contribution in [0.5, 0.6) is 5.75 Å². The first kappa shape index (κ1) is 12.7. The van der Waals surface area contributed by atoms with E-state index in [1.54, 1.807) is 12.1 Å². The maximum atomic E-state index is 9.23. The van der Waals surface area contributed by atoms with Gasteiger partial charge in [-0.3, -0.25) is 0 Å². The molecule has 0 aliphatic carbocycles. The van der Waals surface area contributed by atoms with E-state index in [0.717, 1.165) is 18.8 Å². The standard InChI is InChI=1S/C11H14ClNO.BrH/c12-10-8-9(14)4-5-11(10)13-6-2-1-3-7-13;/h4-5,8,14H,1-3,6-7H2;1H. The summed E-state index contributed by atoms with van der Waals surface area (Å²) in [6.45, 7) is 2.15. The summed E-state index contributed by atoms with van der Waals surface area (Å²) in [5.74, 6) is 0.232. The summed E-state index contributed by atoms with van der Waals surface area (Å²) in [5.41, 5.74) is 1.05. The summed E-state index contributed by atoms with van der Waals surface area (Å²) in [4.78, 5) is 2.28. The van der Waals surface area contributed by atoms with Crippen molar-refractivity contribution in [3.8, 4) is 5.75 Å². The molecular formula is C11H15BrClNO. The Balaban J connectivity index is 0.00000112. The van der Waals surface area contributed by atoms with E-state index in [9.17, 15) is 5.11 Å². The zero-order chi connectivity index (χ0) is 9.97. The molecule has 84 valence electrons. The van der Waals surface area contributed by atoms with Gasteiger partial charge in [-0.2, -0.15) is 0 Å². The van der Waals surface area contributed by atoms with E-state index in [1.807, 2.05) is 6.07 Å². The molecule has 1 saturated heterocycles. The first-order valence-electron chi connectivity index (χ1n) is 5.01. The molecule has 1 aliphatic heterocycles. The van der Waals surface area contributed by atoms with Crippen LogP contribution >= 0.6 is 28.6 Å². The van der Waals surface area contributed by atoms with Crippen LogP contribution in [0, 0.1) is 0 Å². The highest BCUT2D eigenvalue weighted by molar-refractivity contribution is 8.93. The van der Waals surface area contributed by atoms with Crippen molar-refractivity contribution in [2.45, 2.75) is 19.3 Å². The van der Waals surface area contributed by atoms with Crippen molar-refractivity contribution in [1.82, 2.24) is 0 Å². The maximum Gasteiger partial charge on any atom is 0.117 e. The molecule has 0 saturated carbocycles. The molecular weight excluding hydrogens is 277 g/mol. The minimum Gasteiger partial charge on any atom is -0.508 e.